The number of amides is 1. The minimum Gasteiger partial charge on any atom is -0.493 e. The van der Waals surface area contributed by atoms with Gasteiger partial charge in [0.2, 0.25) is 5.91 Å². The monoisotopic (exact) mass is 724 g/mol. The highest BCUT2D eigenvalue weighted by Crippen LogP contribution is 2.47. The number of unbranched alkanes of at least 4 members (excludes halogenated alkanes) is 1. The van der Waals surface area contributed by atoms with E-state index in [9.17, 15) is 4.79 Å². The van der Waals surface area contributed by atoms with Crippen molar-refractivity contribution >= 4 is 45.9 Å². The zero-order chi connectivity index (χ0) is 35.3. The van der Waals surface area contributed by atoms with Crippen LogP contribution in [0.2, 0.25) is 5.02 Å². The molecular formula is C42H49ClN4O3S. The van der Waals surface area contributed by atoms with E-state index in [1.165, 1.54) is 27.8 Å². The number of ether oxygens (including phenoxy) is 2. The molecule has 0 saturated heterocycles. The van der Waals surface area contributed by atoms with Crippen LogP contribution in [-0.2, 0) is 17.6 Å². The van der Waals surface area contributed by atoms with Crippen molar-refractivity contribution in [3.63, 3.8) is 0 Å². The van der Waals surface area contributed by atoms with Gasteiger partial charge in [0.1, 0.15) is 0 Å². The third-order valence-corrected chi connectivity index (χ3v) is 12.2. The van der Waals surface area contributed by atoms with Crippen molar-refractivity contribution in [3.8, 4) is 11.5 Å². The number of nitrogen functional groups attached to an aromatic ring is 1. The maximum absolute atomic E-state index is 12.7. The van der Waals surface area contributed by atoms with Gasteiger partial charge in [-0.3, -0.25) is 14.7 Å². The molecule has 7 rings (SSSR count). The van der Waals surface area contributed by atoms with Crippen LogP contribution in [0.15, 0.2) is 72.3 Å². The van der Waals surface area contributed by atoms with Crippen molar-refractivity contribution in [1.82, 2.24) is 15.2 Å². The van der Waals surface area contributed by atoms with Gasteiger partial charge in [0.15, 0.2) is 11.5 Å². The molecule has 0 spiro atoms. The van der Waals surface area contributed by atoms with Crippen molar-refractivity contribution in [2.24, 2.45) is 5.92 Å². The Morgan fingerprint density at radius 3 is 2.69 bits per heavy atom. The topological polar surface area (TPSA) is 89.7 Å². The van der Waals surface area contributed by atoms with Gasteiger partial charge in [-0.25, -0.2) is 0 Å². The van der Waals surface area contributed by atoms with E-state index >= 15 is 0 Å². The van der Waals surface area contributed by atoms with Gasteiger partial charge >= 0.3 is 0 Å². The second kappa shape index (κ2) is 16.3. The molecule has 3 aliphatic rings. The summed E-state index contributed by atoms with van der Waals surface area (Å²) in [6.07, 6.45) is 10.2. The van der Waals surface area contributed by atoms with Crippen LogP contribution < -0.4 is 20.5 Å². The lowest BCUT2D eigenvalue weighted by Crippen LogP contribution is -2.37. The van der Waals surface area contributed by atoms with E-state index in [2.05, 4.69) is 58.8 Å². The first-order valence-electron chi connectivity index (χ1n) is 18.4. The van der Waals surface area contributed by atoms with Crippen LogP contribution in [0.25, 0.3) is 10.9 Å². The molecule has 0 radical (unpaired) electrons. The minimum absolute atomic E-state index is 0.146. The number of halogens is 1. The molecule has 1 amide bonds. The average molecular weight is 725 g/mol. The van der Waals surface area contributed by atoms with E-state index in [4.69, 9.17) is 31.8 Å². The van der Waals surface area contributed by atoms with Gasteiger partial charge in [0.25, 0.3) is 0 Å². The number of hydrogen-bond acceptors (Lipinski definition) is 7. The summed E-state index contributed by atoms with van der Waals surface area (Å²) in [5, 5.41) is 4.86. The maximum Gasteiger partial charge on any atom is 0.220 e. The van der Waals surface area contributed by atoms with Gasteiger partial charge in [-0.2, -0.15) is 11.8 Å². The smallest absolute Gasteiger partial charge is 0.220 e. The lowest BCUT2D eigenvalue weighted by molar-refractivity contribution is -0.120. The molecule has 1 aliphatic heterocycles. The molecule has 3 N–H and O–H groups in total. The number of hydrogen-bond donors (Lipinski definition) is 2. The zero-order valence-corrected chi connectivity index (χ0v) is 31.3. The summed E-state index contributed by atoms with van der Waals surface area (Å²) < 4.78 is 11.3. The number of allylic oxidation sites excluding steroid dienone is 1. The number of rotatable bonds is 14. The minimum atomic E-state index is 0.146. The average Bonchev–Trinajstić information content (AvgIpc) is 3.13. The van der Waals surface area contributed by atoms with E-state index in [1.807, 2.05) is 30.0 Å². The summed E-state index contributed by atoms with van der Waals surface area (Å²) in [6.45, 7) is 2.73. The van der Waals surface area contributed by atoms with Crippen molar-refractivity contribution in [1.29, 1.82) is 0 Å². The van der Waals surface area contributed by atoms with Gasteiger partial charge in [-0.15, -0.1) is 0 Å². The van der Waals surface area contributed by atoms with E-state index in [0.717, 1.165) is 103 Å². The summed E-state index contributed by atoms with van der Waals surface area (Å²) in [4.78, 5) is 20.3. The number of benzene rings is 3. The van der Waals surface area contributed by atoms with Crippen LogP contribution in [0, 0.1) is 5.92 Å². The second-order valence-corrected chi connectivity index (χ2v) is 15.8. The first-order chi connectivity index (χ1) is 24.9. The number of carbonyl (C=O) groups excluding carboxylic acids is 1. The molecule has 4 aromatic rings. The molecule has 7 nitrogen and oxygen atoms in total. The van der Waals surface area contributed by atoms with Gasteiger partial charge < -0.3 is 20.5 Å². The molecule has 2 aliphatic carbocycles. The third-order valence-electron chi connectivity index (χ3n) is 10.9. The number of thioether (sulfide) groups is 1. The second-order valence-electron chi connectivity index (χ2n) is 14.1. The third kappa shape index (κ3) is 8.03. The quantitative estimate of drug-likeness (QED) is 0.0996. The zero-order valence-electron chi connectivity index (χ0n) is 29.8. The highest BCUT2D eigenvalue weighted by molar-refractivity contribution is 7.99. The SMILES string of the molecule is COc1cc2c(cc1OC)C(c1ccccc1)N(CCCCSCCC(=O)NCCC1=C[C@@H]3Cc4nc5cc(Cl)ccc5c(N)c4[C@@H](C1)C3)CC2. The van der Waals surface area contributed by atoms with Gasteiger partial charge in [0, 0.05) is 52.6 Å². The lowest BCUT2D eigenvalue weighted by atomic mass is 9.70. The number of nitrogens with zero attached hydrogens (tertiary/aromatic N) is 2. The Labute approximate surface area is 311 Å². The van der Waals surface area contributed by atoms with Gasteiger partial charge in [-0.1, -0.05) is 53.6 Å². The summed E-state index contributed by atoms with van der Waals surface area (Å²) in [6, 6.07) is 21.1. The number of anilines is 1. The molecule has 1 aromatic heterocycles. The molecule has 268 valence electrons. The molecule has 9 heteroatoms. The molecule has 2 heterocycles. The summed E-state index contributed by atoms with van der Waals surface area (Å²) in [7, 11) is 3.41. The van der Waals surface area contributed by atoms with Gasteiger partial charge in [0.05, 0.1) is 25.8 Å². The van der Waals surface area contributed by atoms with Crippen LogP contribution in [-0.4, -0.2) is 61.2 Å². The molecule has 3 aromatic carbocycles. The number of nitrogens with two attached hydrogens (primary N) is 1. The number of carbonyl (C=O) groups is 1. The Bertz CT molecular complexity index is 1900. The molecule has 0 fully saturated rings. The Hall–Kier alpha value is -3.72. The predicted molar refractivity (Wildman–Crippen MR) is 210 cm³/mol. The molecule has 0 saturated carbocycles. The highest BCUT2D eigenvalue weighted by atomic mass is 35.5. The molecule has 2 bridgehead atoms. The number of aromatic nitrogens is 1. The Kier molecular flexibility index (Phi) is 11.4. The molecule has 1 unspecified atom stereocenters. The lowest BCUT2D eigenvalue weighted by Gasteiger charge is -2.38. The first kappa shape index (κ1) is 35.7. The standard InChI is InChI=1S/C42H49ClN4O3S/c1-49-37-24-30-13-17-47(42(29-8-4-3-5-9-29)34(30)26-38(37)50-2)16-6-7-18-51-19-14-39(48)45-15-12-27-20-28-22-31(21-27)40-36(23-28)46-35-25-32(43)10-11-33(35)41(40)44/h3-5,8-11,20,24-26,28,31,42H,6-7,12-19,21-23H2,1-2H3,(H2,44,46)(H,45,48)/t28-,31-,42?/m0/s1. The predicted octanol–water partition coefficient (Wildman–Crippen LogP) is 8.52. The maximum atomic E-state index is 12.7. The van der Waals surface area contributed by atoms with Crippen LogP contribution in [0.4, 0.5) is 5.69 Å². The van der Waals surface area contributed by atoms with Crippen molar-refractivity contribution in [2.75, 3.05) is 51.1 Å². The van der Waals surface area contributed by atoms with E-state index in [1.54, 1.807) is 14.2 Å². The fraction of sp³-hybridized carbons (Fsp3) is 0.429. The van der Waals surface area contributed by atoms with E-state index in [0.29, 0.717) is 29.8 Å². The number of nitrogens with one attached hydrogen (secondary N) is 1. The normalized spacial score (nSPS) is 19.6. The number of pyridine rings is 1. The van der Waals surface area contributed by atoms with Crippen LogP contribution in [0.1, 0.15) is 78.4 Å². The Morgan fingerprint density at radius 2 is 1.86 bits per heavy atom. The van der Waals surface area contributed by atoms with Crippen LogP contribution >= 0.6 is 23.4 Å². The fourth-order valence-electron chi connectivity index (χ4n) is 8.47. The van der Waals surface area contributed by atoms with Crippen molar-refractivity contribution in [2.45, 2.75) is 63.3 Å². The van der Waals surface area contributed by atoms with E-state index in [-0.39, 0.29) is 11.9 Å². The van der Waals surface area contributed by atoms with E-state index < -0.39 is 0 Å². The first-order valence-corrected chi connectivity index (χ1v) is 19.9. The van der Waals surface area contributed by atoms with Crippen LogP contribution in [0.3, 0.4) is 0 Å². The van der Waals surface area contributed by atoms with Gasteiger partial charge in [-0.05, 0) is 116 Å². The Morgan fingerprint density at radius 1 is 1.04 bits per heavy atom. The fourth-order valence-corrected chi connectivity index (χ4v) is 9.58. The number of methoxy groups -OCH3 is 2. The summed E-state index contributed by atoms with van der Waals surface area (Å²) >= 11 is 8.12. The van der Waals surface area contributed by atoms with Crippen molar-refractivity contribution < 1.29 is 14.3 Å². The van der Waals surface area contributed by atoms with Crippen LogP contribution in [0.5, 0.6) is 11.5 Å². The summed E-state index contributed by atoms with van der Waals surface area (Å²) in [5.74, 6) is 4.51. The summed E-state index contributed by atoms with van der Waals surface area (Å²) in [5.41, 5.74) is 16.2. The highest BCUT2D eigenvalue weighted by Gasteiger charge is 2.34. The molecular weight excluding hydrogens is 676 g/mol. The Balaban J connectivity index is 0.830. The molecule has 3 atom stereocenters. The molecule has 51 heavy (non-hydrogen) atoms. The van der Waals surface area contributed by atoms with Crippen molar-refractivity contribution in [3.05, 3.63) is 105 Å². The largest absolute Gasteiger partial charge is 0.493 e. The number of fused-ring (bicyclic) bond motifs is 6.